The molecule has 8 heteroatoms. The molecule has 2 N–H and O–H groups in total. The largest absolute Gasteiger partial charge is 0.439 e. The van der Waals surface area contributed by atoms with Crippen molar-refractivity contribution >= 4 is 5.96 Å². The zero-order valence-electron chi connectivity index (χ0n) is 17.3. The fourth-order valence-electron chi connectivity index (χ4n) is 2.99. The second-order valence-corrected chi connectivity index (χ2v) is 7.07. The van der Waals surface area contributed by atoms with Crippen LogP contribution < -0.4 is 15.4 Å². The predicted molar refractivity (Wildman–Crippen MR) is 113 cm³/mol. The normalized spacial score (nSPS) is 16.5. The molecule has 1 aromatic carbocycles. The lowest BCUT2D eigenvalue weighted by Gasteiger charge is -2.13. The minimum atomic E-state index is -0.304. The highest BCUT2D eigenvalue weighted by molar-refractivity contribution is 5.79. The minimum absolute atomic E-state index is 0.304. The first-order valence-corrected chi connectivity index (χ1v) is 10.2. The summed E-state index contributed by atoms with van der Waals surface area (Å²) in [4.78, 5) is 8.44. The number of rotatable bonds is 10. The monoisotopic (exact) mass is 416 g/mol. The van der Waals surface area contributed by atoms with Gasteiger partial charge in [-0.1, -0.05) is 0 Å². The molecule has 162 valence electrons. The number of aromatic nitrogens is 1. The number of ether oxygens (including phenoxy) is 3. The van der Waals surface area contributed by atoms with Gasteiger partial charge in [0.25, 0.3) is 0 Å². The van der Waals surface area contributed by atoms with Crippen LogP contribution in [0.1, 0.15) is 18.4 Å². The molecular weight excluding hydrogens is 387 g/mol. The van der Waals surface area contributed by atoms with Crippen molar-refractivity contribution in [3.8, 4) is 11.6 Å². The highest BCUT2D eigenvalue weighted by Gasteiger charge is 2.15. The number of hydrogen-bond donors (Lipinski definition) is 2. The molecule has 1 aliphatic heterocycles. The average Bonchev–Trinajstić information content (AvgIpc) is 3.28. The van der Waals surface area contributed by atoms with Crippen molar-refractivity contribution < 1.29 is 18.6 Å². The third-order valence-electron chi connectivity index (χ3n) is 4.65. The molecule has 1 aliphatic rings. The van der Waals surface area contributed by atoms with Crippen molar-refractivity contribution in [3.05, 3.63) is 54.0 Å². The topological polar surface area (TPSA) is 77.0 Å². The molecular formula is C22H29FN4O3. The summed E-state index contributed by atoms with van der Waals surface area (Å²) in [6.07, 6.45) is 3.68. The maximum absolute atomic E-state index is 13.0. The van der Waals surface area contributed by atoms with Crippen molar-refractivity contribution in [2.75, 3.05) is 40.0 Å². The quantitative estimate of drug-likeness (QED) is 0.352. The van der Waals surface area contributed by atoms with Crippen LogP contribution in [-0.4, -0.2) is 51.0 Å². The molecule has 0 aliphatic carbocycles. The summed E-state index contributed by atoms with van der Waals surface area (Å²) in [7, 11) is 1.74. The Morgan fingerprint density at radius 2 is 2.13 bits per heavy atom. The first-order chi connectivity index (χ1) is 14.7. The number of benzene rings is 1. The highest BCUT2D eigenvalue weighted by atomic mass is 19.1. The summed E-state index contributed by atoms with van der Waals surface area (Å²) in [6, 6.07) is 9.58. The Balaban J connectivity index is 1.35. The molecule has 30 heavy (non-hydrogen) atoms. The van der Waals surface area contributed by atoms with Crippen LogP contribution in [0.2, 0.25) is 0 Å². The smallest absolute Gasteiger partial charge is 0.219 e. The zero-order valence-corrected chi connectivity index (χ0v) is 17.3. The zero-order chi connectivity index (χ0) is 21.0. The molecule has 1 aromatic heterocycles. The SMILES string of the molecule is CN=C(NCCCOCC1CCOC1)NCc1ccnc(Oc2ccc(F)cc2)c1. The van der Waals surface area contributed by atoms with Crippen molar-refractivity contribution in [2.45, 2.75) is 19.4 Å². The number of nitrogens with zero attached hydrogens (tertiary/aromatic N) is 2. The summed E-state index contributed by atoms with van der Waals surface area (Å²) >= 11 is 0. The lowest BCUT2D eigenvalue weighted by atomic mass is 10.1. The molecule has 1 unspecified atom stereocenters. The maximum atomic E-state index is 13.0. The first-order valence-electron chi connectivity index (χ1n) is 10.2. The van der Waals surface area contributed by atoms with E-state index in [1.54, 1.807) is 25.4 Å². The van der Waals surface area contributed by atoms with Crippen LogP contribution in [0.5, 0.6) is 11.6 Å². The van der Waals surface area contributed by atoms with Crippen LogP contribution >= 0.6 is 0 Å². The van der Waals surface area contributed by atoms with Crippen molar-refractivity contribution in [1.29, 1.82) is 0 Å². The Labute approximate surface area is 176 Å². The molecule has 1 fully saturated rings. The molecule has 0 amide bonds. The van der Waals surface area contributed by atoms with Crippen molar-refractivity contribution in [1.82, 2.24) is 15.6 Å². The van der Waals surface area contributed by atoms with Gasteiger partial charge in [0.15, 0.2) is 5.96 Å². The van der Waals surface area contributed by atoms with Gasteiger partial charge in [0.2, 0.25) is 5.88 Å². The van der Waals surface area contributed by atoms with Gasteiger partial charge in [0.05, 0.1) is 13.2 Å². The van der Waals surface area contributed by atoms with Crippen molar-refractivity contribution in [2.24, 2.45) is 10.9 Å². The van der Waals surface area contributed by atoms with E-state index >= 15 is 0 Å². The molecule has 3 rings (SSSR count). The van der Waals surface area contributed by atoms with Crippen molar-refractivity contribution in [3.63, 3.8) is 0 Å². The lowest BCUT2D eigenvalue weighted by molar-refractivity contribution is 0.0888. The molecule has 0 saturated carbocycles. The molecule has 7 nitrogen and oxygen atoms in total. The van der Waals surface area contributed by atoms with Gasteiger partial charge in [0, 0.05) is 51.5 Å². The van der Waals surface area contributed by atoms with Gasteiger partial charge in [-0.2, -0.15) is 0 Å². The van der Waals surface area contributed by atoms with E-state index < -0.39 is 0 Å². The van der Waals surface area contributed by atoms with E-state index in [1.165, 1.54) is 12.1 Å². The second kappa shape index (κ2) is 12.1. The van der Waals surface area contributed by atoms with Crippen LogP contribution in [0, 0.1) is 11.7 Å². The Kier molecular flexibility index (Phi) is 8.86. The molecule has 0 spiro atoms. The molecule has 2 aromatic rings. The number of aliphatic imine (C=N–C) groups is 1. The van der Waals surface area contributed by atoms with Gasteiger partial charge in [-0.25, -0.2) is 9.37 Å². The Morgan fingerprint density at radius 1 is 1.27 bits per heavy atom. The van der Waals surface area contributed by atoms with Gasteiger partial charge in [0.1, 0.15) is 11.6 Å². The number of hydrogen-bond acceptors (Lipinski definition) is 5. The molecule has 2 heterocycles. The van der Waals surface area contributed by atoms with Crippen LogP contribution in [0.25, 0.3) is 0 Å². The molecule has 1 saturated heterocycles. The summed E-state index contributed by atoms with van der Waals surface area (Å²) < 4.78 is 29.7. The van der Waals surface area contributed by atoms with Crippen LogP contribution in [0.4, 0.5) is 4.39 Å². The Bertz CT molecular complexity index is 795. The number of pyridine rings is 1. The van der Waals surface area contributed by atoms with E-state index in [2.05, 4.69) is 20.6 Å². The number of guanidine groups is 1. The second-order valence-electron chi connectivity index (χ2n) is 7.07. The summed E-state index contributed by atoms with van der Waals surface area (Å²) in [5.41, 5.74) is 0.993. The van der Waals surface area contributed by atoms with E-state index in [1.807, 2.05) is 12.1 Å². The van der Waals surface area contributed by atoms with Gasteiger partial charge in [-0.15, -0.1) is 0 Å². The van der Waals surface area contributed by atoms with Crippen LogP contribution in [-0.2, 0) is 16.0 Å². The number of halogens is 1. The highest BCUT2D eigenvalue weighted by Crippen LogP contribution is 2.20. The van der Waals surface area contributed by atoms with Gasteiger partial charge in [-0.05, 0) is 48.7 Å². The lowest BCUT2D eigenvalue weighted by Crippen LogP contribution is -2.37. The minimum Gasteiger partial charge on any atom is -0.439 e. The predicted octanol–water partition coefficient (Wildman–Crippen LogP) is 3.12. The Morgan fingerprint density at radius 3 is 2.90 bits per heavy atom. The van der Waals surface area contributed by atoms with Gasteiger partial charge in [-0.3, -0.25) is 4.99 Å². The summed E-state index contributed by atoms with van der Waals surface area (Å²) in [5.74, 6) is 1.95. The van der Waals surface area contributed by atoms with E-state index in [4.69, 9.17) is 14.2 Å². The molecule has 0 bridgehead atoms. The third kappa shape index (κ3) is 7.61. The standard InChI is InChI=1S/C22H29FN4O3/c1-24-22(26-9-2-11-28-15-18-8-12-29-16-18)27-14-17-7-10-25-21(13-17)30-20-5-3-19(23)4-6-20/h3-7,10,13,18H,2,8-9,11-12,14-16H2,1H3,(H2,24,26,27). The average molecular weight is 416 g/mol. The van der Waals surface area contributed by atoms with Crippen LogP contribution in [0.3, 0.4) is 0 Å². The van der Waals surface area contributed by atoms with E-state index in [0.29, 0.717) is 24.1 Å². The number of nitrogens with one attached hydrogen (secondary N) is 2. The fourth-order valence-corrected chi connectivity index (χ4v) is 2.99. The van der Waals surface area contributed by atoms with Gasteiger partial charge < -0.3 is 24.8 Å². The van der Waals surface area contributed by atoms with Gasteiger partial charge >= 0.3 is 0 Å². The third-order valence-corrected chi connectivity index (χ3v) is 4.65. The fraction of sp³-hybridized carbons (Fsp3) is 0.455. The van der Waals surface area contributed by atoms with E-state index in [9.17, 15) is 4.39 Å². The van der Waals surface area contributed by atoms with E-state index in [-0.39, 0.29) is 5.82 Å². The molecule has 0 radical (unpaired) electrons. The summed E-state index contributed by atoms with van der Waals surface area (Å²) in [5, 5.41) is 6.55. The van der Waals surface area contributed by atoms with E-state index in [0.717, 1.165) is 57.3 Å². The summed E-state index contributed by atoms with van der Waals surface area (Å²) in [6.45, 7) is 4.51. The maximum Gasteiger partial charge on any atom is 0.219 e. The van der Waals surface area contributed by atoms with Crippen LogP contribution in [0.15, 0.2) is 47.6 Å². The Hall–Kier alpha value is -2.71. The first kappa shape index (κ1) is 22.0. The molecule has 1 atom stereocenters.